The van der Waals surface area contributed by atoms with Crippen LogP contribution in [0.3, 0.4) is 0 Å². The van der Waals surface area contributed by atoms with Crippen LogP contribution in [-0.2, 0) is 0 Å². The van der Waals surface area contributed by atoms with Gasteiger partial charge < -0.3 is 5.32 Å². The number of anilines is 1. The van der Waals surface area contributed by atoms with Gasteiger partial charge in [-0.05, 0) is 37.5 Å². The molecule has 1 fully saturated rings. The van der Waals surface area contributed by atoms with Crippen molar-refractivity contribution in [2.45, 2.75) is 38.5 Å². The van der Waals surface area contributed by atoms with Crippen LogP contribution in [-0.4, -0.2) is 12.0 Å². The lowest BCUT2D eigenvalue weighted by atomic mass is 10.00. The maximum Gasteiger partial charge on any atom is 0.134 e. The maximum atomic E-state index is 14.0. The first-order valence-electron chi connectivity index (χ1n) is 6.98. The van der Waals surface area contributed by atoms with Crippen molar-refractivity contribution in [2.24, 2.45) is 0 Å². The molecule has 0 unspecified atom stereocenters. The third kappa shape index (κ3) is 2.07. The highest BCUT2D eigenvalue weighted by atomic mass is 19.1. The van der Waals surface area contributed by atoms with Gasteiger partial charge in [0.1, 0.15) is 5.82 Å². The number of pyridine rings is 1. The van der Waals surface area contributed by atoms with Crippen molar-refractivity contribution in [1.29, 1.82) is 0 Å². The van der Waals surface area contributed by atoms with Crippen molar-refractivity contribution in [3.05, 3.63) is 35.3 Å². The number of aromatic nitrogens is 1. The van der Waals surface area contributed by atoms with Gasteiger partial charge in [-0.15, -0.1) is 0 Å². The monoisotopic (exact) mass is 258 g/mol. The molecule has 1 aliphatic carbocycles. The second kappa shape index (κ2) is 4.80. The first-order valence-corrected chi connectivity index (χ1v) is 6.98. The summed E-state index contributed by atoms with van der Waals surface area (Å²) in [5.41, 5.74) is 3.80. The molecular formula is C16H19FN2. The van der Waals surface area contributed by atoms with Gasteiger partial charge in [-0.1, -0.05) is 18.9 Å². The van der Waals surface area contributed by atoms with Gasteiger partial charge in [0, 0.05) is 24.3 Å². The van der Waals surface area contributed by atoms with Crippen molar-refractivity contribution in [3.8, 4) is 0 Å². The van der Waals surface area contributed by atoms with Gasteiger partial charge in [-0.2, -0.15) is 0 Å². The molecule has 0 atom stereocenters. The molecule has 19 heavy (non-hydrogen) atoms. The van der Waals surface area contributed by atoms with E-state index in [0.29, 0.717) is 11.3 Å². The van der Waals surface area contributed by atoms with Gasteiger partial charge >= 0.3 is 0 Å². The van der Waals surface area contributed by atoms with E-state index in [0.717, 1.165) is 22.5 Å². The number of nitrogens with zero attached hydrogens (tertiary/aromatic N) is 1. The second-order valence-electron chi connectivity index (χ2n) is 5.41. The number of aryl methyl sites for hydroxylation is 1. The molecule has 100 valence electrons. The fraction of sp³-hybridized carbons (Fsp3) is 0.438. The molecule has 0 radical (unpaired) electrons. The Morgan fingerprint density at radius 1 is 1.26 bits per heavy atom. The molecule has 0 spiro atoms. The van der Waals surface area contributed by atoms with Crippen molar-refractivity contribution >= 4 is 16.6 Å². The van der Waals surface area contributed by atoms with E-state index in [4.69, 9.17) is 4.98 Å². The molecule has 1 heterocycles. The molecule has 0 amide bonds. The van der Waals surface area contributed by atoms with Crippen LogP contribution in [0, 0.1) is 12.7 Å². The van der Waals surface area contributed by atoms with Crippen LogP contribution in [0.5, 0.6) is 0 Å². The molecule has 1 saturated carbocycles. The maximum absolute atomic E-state index is 14.0. The minimum atomic E-state index is -0.199. The highest BCUT2D eigenvalue weighted by Crippen LogP contribution is 2.37. The summed E-state index contributed by atoms with van der Waals surface area (Å²) in [6.07, 6.45) is 4.97. The van der Waals surface area contributed by atoms with Crippen LogP contribution in [0.4, 0.5) is 10.1 Å². The van der Waals surface area contributed by atoms with E-state index in [-0.39, 0.29) is 5.82 Å². The van der Waals surface area contributed by atoms with E-state index >= 15 is 0 Å². The van der Waals surface area contributed by atoms with Gasteiger partial charge in [-0.3, -0.25) is 4.98 Å². The quantitative estimate of drug-likeness (QED) is 0.864. The van der Waals surface area contributed by atoms with E-state index in [1.54, 1.807) is 0 Å². The van der Waals surface area contributed by atoms with Crippen LogP contribution in [0.2, 0.25) is 0 Å². The predicted molar refractivity (Wildman–Crippen MR) is 77.2 cm³/mol. The molecule has 2 nitrogen and oxygen atoms in total. The van der Waals surface area contributed by atoms with E-state index in [1.807, 2.05) is 26.1 Å². The fourth-order valence-electron chi connectivity index (χ4n) is 3.08. The lowest BCUT2D eigenvalue weighted by molar-refractivity contribution is 0.639. The van der Waals surface area contributed by atoms with Crippen molar-refractivity contribution in [2.75, 3.05) is 12.4 Å². The Labute approximate surface area is 113 Å². The third-order valence-electron chi connectivity index (χ3n) is 4.17. The Hall–Kier alpha value is -1.64. The van der Waals surface area contributed by atoms with Crippen molar-refractivity contribution in [1.82, 2.24) is 4.98 Å². The van der Waals surface area contributed by atoms with Crippen molar-refractivity contribution in [3.63, 3.8) is 0 Å². The van der Waals surface area contributed by atoms with Crippen LogP contribution in [0.1, 0.15) is 42.9 Å². The number of nitrogens with one attached hydrogen (secondary N) is 1. The number of hydrogen-bond acceptors (Lipinski definition) is 2. The SMILES string of the molecule is CNc1cc(C2CCCC2)nc2c(C)ccc(F)c12. The summed E-state index contributed by atoms with van der Waals surface area (Å²) in [5, 5.41) is 3.74. The van der Waals surface area contributed by atoms with Crippen molar-refractivity contribution < 1.29 is 4.39 Å². The standard InChI is InChI=1S/C16H19FN2/c1-10-7-8-12(17)15-14(18-2)9-13(19-16(10)15)11-5-3-4-6-11/h7-9,11H,3-6H2,1-2H3,(H,18,19). The van der Waals surface area contributed by atoms with Gasteiger partial charge in [-0.25, -0.2) is 4.39 Å². The fourth-order valence-corrected chi connectivity index (χ4v) is 3.08. The zero-order chi connectivity index (χ0) is 13.4. The summed E-state index contributed by atoms with van der Waals surface area (Å²) in [7, 11) is 1.84. The van der Waals surface area contributed by atoms with Crippen LogP contribution < -0.4 is 5.32 Å². The number of benzene rings is 1. The smallest absolute Gasteiger partial charge is 0.134 e. The predicted octanol–water partition coefficient (Wildman–Crippen LogP) is 4.38. The summed E-state index contributed by atoms with van der Waals surface area (Å²) in [6.45, 7) is 1.99. The van der Waals surface area contributed by atoms with Gasteiger partial charge in [0.2, 0.25) is 0 Å². The van der Waals surface area contributed by atoms with Crippen LogP contribution in [0.15, 0.2) is 18.2 Å². The molecule has 3 rings (SSSR count). The topological polar surface area (TPSA) is 24.9 Å². The minimum Gasteiger partial charge on any atom is -0.387 e. The zero-order valence-electron chi connectivity index (χ0n) is 11.5. The van der Waals surface area contributed by atoms with Gasteiger partial charge in [0.25, 0.3) is 0 Å². The Balaban J connectivity index is 2.24. The molecule has 1 aromatic heterocycles. The average molecular weight is 258 g/mol. The van der Waals surface area contributed by atoms with E-state index in [9.17, 15) is 4.39 Å². The summed E-state index contributed by atoms with van der Waals surface area (Å²) in [6, 6.07) is 5.36. The molecule has 0 bridgehead atoms. The summed E-state index contributed by atoms with van der Waals surface area (Å²) in [4.78, 5) is 4.75. The number of rotatable bonds is 2. The second-order valence-corrected chi connectivity index (χ2v) is 5.41. The Morgan fingerprint density at radius 3 is 2.68 bits per heavy atom. The highest BCUT2D eigenvalue weighted by molar-refractivity contribution is 5.93. The number of fused-ring (bicyclic) bond motifs is 1. The largest absolute Gasteiger partial charge is 0.387 e. The Morgan fingerprint density at radius 2 is 2.00 bits per heavy atom. The minimum absolute atomic E-state index is 0.199. The van der Waals surface area contributed by atoms with E-state index in [2.05, 4.69) is 5.32 Å². The van der Waals surface area contributed by atoms with Crippen LogP contribution >= 0.6 is 0 Å². The molecule has 3 heteroatoms. The first-order chi connectivity index (χ1) is 9.20. The lowest BCUT2D eigenvalue weighted by Crippen LogP contribution is -2.02. The third-order valence-corrected chi connectivity index (χ3v) is 4.17. The van der Waals surface area contributed by atoms with E-state index < -0.39 is 0 Å². The molecule has 1 N–H and O–H groups in total. The van der Waals surface area contributed by atoms with Gasteiger partial charge in [0.05, 0.1) is 10.9 Å². The molecular weight excluding hydrogens is 239 g/mol. The normalized spacial score (nSPS) is 16.2. The number of hydrogen-bond donors (Lipinski definition) is 1. The zero-order valence-corrected chi connectivity index (χ0v) is 11.5. The number of halogens is 1. The molecule has 1 aliphatic rings. The van der Waals surface area contributed by atoms with E-state index in [1.165, 1.54) is 31.7 Å². The first kappa shape index (κ1) is 12.4. The Kier molecular flexibility index (Phi) is 3.13. The lowest BCUT2D eigenvalue weighted by Gasteiger charge is -2.15. The molecule has 2 aromatic rings. The summed E-state index contributed by atoms with van der Waals surface area (Å²) >= 11 is 0. The molecule has 1 aromatic carbocycles. The highest BCUT2D eigenvalue weighted by Gasteiger charge is 2.21. The molecule has 0 aliphatic heterocycles. The molecule has 0 saturated heterocycles. The summed E-state index contributed by atoms with van der Waals surface area (Å²) < 4.78 is 14.0. The average Bonchev–Trinajstić information content (AvgIpc) is 2.96. The Bertz CT molecular complexity index is 616. The van der Waals surface area contributed by atoms with Crippen LogP contribution in [0.25, 0.3) is 10.9 Å². The summed E-state index contributed by atoms with van der Waals surface area (Å²) in [5.74, 6) is 0.342. The van der Waals surface area contributed by atoms with Gasteiger partial charge in [0.15, 0.2) is 0 Å².